The summed E-state index contributed by atoms with van der Waals surface area (Å²) >= 11 is 0. The molecule has 69 heavy (non-hydrogen) atoms. The van der Waals surface area contributed by atoms with Gasteiger partial charge in [0.15, 0.2) is 6.29 Å². The van der Waals surface area contributed by atoms with Crippen LogP contribution in [0.1, 0.15) is 284 Å². The Hall–Kier alpha value is -1.59. The van der Waals surface area contributed by atoms with Crippen LogP contribution in [0.15, 0.2) is 36.5 Å². The van der Waals surface area contributed by atoms with Gasteiger partial charge in [0.25, 0.3) is 0 Å². The summed E-state index contributed by atoms with van der Waals surface area (Å²) in [5.74, 6) is -0.186. The monoisotopic (exact) mass is 976 g/mol. The van der Waals surface area contributed by atoms with Crippen molar-refractivity contribution in [3.63, 3.8) is 0 Å². The van der Waals surface area contributed by atoms with Crippen molar-refractivity contribution >= 4 is 5.91 Å². The molecule has 0 radical (unpaired) electrons. The molecule has 0 aliphatic carbocycles. The fourth-order valence-corrected chi connectivity index (χ4v) is 9.46. The Bertz CT molecular complexity index is 1180. The fraction of sp³-hybridized carbons (Fsp3) is 0.883. The van der Waals surface area contributed by atoms with Gasteiger partial charge in [-0.15, -0.1) is 0 Å². The van der Waals surface area contributed by atoms with Crippen LogP contribution in [-0.2, 0) is 14.3 Å². The molecule has 1 aliphatic heterocycles. The van der Waals surface area contributed by atoms with Crippen molar-refractivity contribution in [2.45, 2.75) is 326 Å². The molecule has 6 N–H and O–H groups in total. The maximum Gasteiger partial charge on any atom is 0.220 e. The maximum absolute atomic E-state index is 13.1. The van der Waals surface area contributed by atoms with Crippen LogP contribution in [0.25, 0.3) is 0 Å². The van der Waals surface area contributed by atoms with Crippen molar-refractivity contribution in [1.29, 1.82) is 0 Å². The minimum absolute atomic E-state index is 0.186. The second-order valence-electron chi connectivity index (χ2n) is 20.8. The molecule has 0 saturated carbocycles. The van der Waals surface area contributed by atoms with E-state index < -0.39 is 49.5 Å². The van der Waals surface area contributed by atoms with Crippen molar-refractivity contribution in [2.24, 2.45) is 0 Å². The van der Waals surface area contributed by atoms with Crippen LogP contribution in [0, 0.1) is 0 Å². The van der Waals surface area contributed by atoms with E-state index in [1.165, 1.54) is 225 Å². The van der Waals surface area contributed by atoms with Crippen LogP contribution in [-0.4, -0.2) is 87.5 Å². The van der Waals surface area contributed by atoms with Crippen molar-refractivity contribution in [1.82, 2.24) is 5.32 Å². The van der Waals surface area contributed by atoms with Gasteiger partial charge in [0.05, 0.1) is 25.4 Å². The van der Waals surface area contributed by atoms with E-state index in [2.05, 4.69) is 43.5 Å². The first-order valence-electron chi connectivity index (χ1n) is 29.7. The number of hydrogen-bond acceptors (Lipinski definition) is 8. The summed E-state index contributed by atoms with van der Waals surface area (Å²) in [5.41, 5.74) is 0. The Morgan fingerprint density at radius 3 is 1.22 bits per heavy atom. The molecule has 1 saturated heterocycles. The highest BCUT2D eigenvalue weighted by Gasteiger charge is 2.44. The summed E-state index contributed by atoms with van der Waals surface area (Å²) in [6.07, 6.45) is 57.9. The Balaban J connectivity index is 2.24. The summed E-state index contributed by atoms with van der Waals surface area (Å²) in [6.45, 7) is 3.79. The van der Waals surface area contributed by atoms with Crippen LogP contribution >= 0.6 is 0 Å². The minimum atomic E-state index is -1.57. The third-order valence-electron chi connectivity index (χ3n) is 14.2. The van der Waals surface area contributed by atoms with E-state index in [9.17, 15) is 30.3 Å². The largest absolute Gasteiger partial charge is 0.394 e. The molecule has 1 heterocycles. The van der Waals surface area contributed by atoms with Gasteiger partial charge in [0.2, 0.25) is 5.91 Å². The number of carbonyl (C=O) groups excluding carboxylic acids is 1. The van der Waals surface area contributed by atoms with Crippen LogP contribution in [0.5, 0.6) is 0 Å². The SMILES string of the molecule is CCCCCCCCCC/C=C\CCCCCCCCCCCC(=O)NC(COC1OC(CO)C(O)C(O)C1O)C(O)/C=C/CC/C=C/CCCCCCCCCCCCCCCCCCCCC. The van der Waals surface area contributed by atoms with Crippen LogP contribution in [0.4, 0.5) is 0 Å². The van der Waals surface area contributed by atoms with E-state index in [-0.39, 0.29) is 12.5 Å². The Morgan fingerprint density at radius 2 is 0.826 bits per heavy atom. The molecule has 9 heteroatoms. The third kappa shape index (κ3) is 39.6. The number of unbranched alkanes of at least 4 members (excludes halogenated alkanes) is 37. The van der Waals surface area contributed by atoms with Gasteiger partial charge in [-0.2, -0.15) is 0 Å². The highest BCUT2D eigenvalue weighted by Crippen LogP contribution is 2.23. The third-order valence-corrected chi connectivity index (χ3v) is 14.2. The molecule has 0 aromatic heterocycles. The number of amides is 1. The highest BCUT2D eigenvalue weighted by atomic mass is 16.7. The van der Waals surface area contributed by atoms with Crippen molar-refractivity contribution in [2.75, 3.05) is 13.2 Å². The zero-order chi connectivity index (χ0) is 50.1. The number of aliphatic hydroxyl groups is 5. The number of hydrogen-bond donors (Lipinski definition) is 6. The van der Waals surface area contributed by atoms with Gasteiger partial charge in [-0.05, 0) is 57.8 Å². The first-order valence-corrected chi connectivity index (χ1v) is 29.7. The first-order chi connectivity index (χ1) is 33.8. The summed E-state index contributed by atoms with van der Waals surface area (Å²) < 4.78 is 11.3. The van der Waals surface area contributed by atoms with Crippen LogP contribution < -0.4 is 5.32 Å². The van der Waals surface area contributed by atoms with Crippen molar-refractivity contribution in [3.05, 3.63) is 36.5 Å². The lowest BCUT2D eigenvalue weighted by Crippen LogP contribution is -2.60. The van der Waals surface area contributed by atoms with Gasteiger partial charge in [-0.25, -0.2) is 0 Å². The zero-order valence-corrected chi connectivity index (χ0v) is 45.1. The first kappa shape index (κ1) is 65.4. The smallest absolute Gasteiger partial charge is 0.220 e. The standard InChI is InChI=1S/C60H113NO8/c1-3-5-7-9-11-13-15-17-19-21-23-25-26-27-28-30-31-33-35-37-39-41-43-45-47-49-54(63)53(52-68-60-59(67)58(66)57(65)55(51-62)69-60)61-56(64)50-48-46-44-42-40-38-36-34-32-29-24-22-20-18-16-14-12-10-8-6-4-2/h22,24,39,41,47,49,53-55,57-60,62-63,65-67H,3-21,23,25-38,40,42-46,48,50-52H2,1-2H3,(H,61,64)/b24-22-,41-39+,49-47+. The summed E-state index contributed by atoms with van der Waals surface area (Å²) in [4.78, 5) is 13.1. The molecule has 0 spiro atoms. The van der Waals surface area contributed by atoms with Crippen molar-refractivity contribution < 1.29 is 39.8 Å². The second-order valence-corrected chi connectivity index (χ2v) is 20.8. The Morgan fingerprint density at radius 1 is 0.478 bits per heavy atom. The molecular weight excluding hydrogens is 863 g/mol. The van der Waals surface area contributed by atoms with E-state index in [0.29, 0.717) is 6.42 Å². The number of carbonyl (C=O) groups is 1. The lowest BCUT2D eigenvalue weighted by atomic mass is 9.99. The van der Waals surface area contributed by atoms with E-state index in [1.54, 1.807) is 6.08 Å². The second kappa shape index (κ2) is 50.0. The van der Waals surface area contributed by atoms with Crippen LogP contribution in [0.3, 0.4) is 0 Å². The molecule has 9 nitrogen and oxygen atoms in total. The van der Waals surface area contributed by atoms with E-state index in [0.717, 1.165) is 38.5 Å². The number of aliphatic hydroxyl groups excluding tert-OH is 5. The Kier molecular flexibility index (Phi) is 47.4. The molecule has 1 aliphatic rings. The molecular formula is C60H113NO8. The number of ether oxygens (including phenoxy) is 2. The maximum atomic E-state index is 13.1. The van der Waals surface area contributed by atoms with Gasteiger partial charge in [-0.3, -0.25) is 4.79 Å². The molecule has 1 fully saturated rings. The highest BCUT2D eigenvalue weighted by molar-refractivity contribution is 5.76. The van der Waals surface area contributed by atoms with E-state index in [4.69, 9.17) is 9.47 Å². The average Bonchev–Trinajstić information content (AvgIpc) is 3.35. The van der Waals surface area contributed by atoms with E-state index in [1.807, 2.05) is 6.08 Å². The number of rotatable bonds is 51. The quantitative estimate of drug-likeness (QED) is 0.0261. The molecule has 406 valence electrons. The minimum Gasteiger partial charge on any atom is -0.394 e. The van der Waals surface area contributed by atoms with Gasteiger partial charge in [-0.1, -0.05) is 256 Å². The number of allylic oxidation sites excluding steroid dienone is 5. The summed E-state index contributed by atoms with van der Waals surface area (Å²) in [7, 11) is 0. The molecule has 0 aromatic carbocycles. The van der Waals surface area contributed by atoms with Gasteiger partial charge >= 0.3 is 0 Å². The summed E-state index contributed by atoms with van der Waals surface area (Å²) in [5, 5.41) is 54.5. The lowest BCUT2D eigenvalue weighted by Gasteiger charge is -2.40. The van der Waals surface area contributed by atoms with E-state index >= 15 is 0 Å². The topological polar surface area (TPSA) is 149 Å². The Labute approximate surface area is 425 Å². The molecule has 1 amide bonds. The predicted molar refractivity (Wildman–Crippen MR) is 290 cm³/mol. The van der Waals surface area contributed by atoms with Crippen molar-refractivity contribution in [3.8, 4) is 0 Å². The normalized spacial score (nSPS) is 19.7. The zero-order valence-electron chi connectivity index (χ0n) is 45.1. The molecule has 0 aromatic rings. The molecule has 7 atom stereocenters. The summed E-state index contributed by atoms with van der Waals surface area (Å²) in [6, 6.07) is -0.823. The average molecular weight is 977 g/mol. The molecule has 7 unspecified atom stereocenters. The molecule has 1 rings (SSSR count). The van der Waals surface area contributed by atoms with Crippen LogP contribution in [0.2, 0.25) is 0 Å². The van der Waals surface area contributed by atoms with Gasteiger partial charge < -0.3 is 40.3 Å². The predicted octanol–water partition coefficient (Wildman–Crippen LogP) is 14.7. The lowest BCUT2D eigenvalue weighted by molar-refractivity contribution is -0.302. The van der Waals surface area contributed by atoms with Gasteiger partial charge in [0, 0.05) is 6.42 Å². The molecule has 0 bridgehead atoms. The van der Waals surface area contributed by atoms with Gasteiger partial charge in [0.1, 0.15) is 24.4 Å². The fourth-order valence-electron chi connectivity index (χ4n) is 9.46. The number of nitrogens with one attached hydrogen (secondary N) is 1.